The van der Waals surface area contributed by atoms with Crippen molar-refractivity contribution < 1.29 is 4.79 Å². The van der Waals surface area contributed by atoms with E-state index in [4.69, 9.17) is 0 Å². The fourth-order valence-corrected chi connectivity index (χ4v) is 3.98. The summed E-state index contributed by atoms with van der Waals surface area (Å²) in [5.41, 5.74) is 4.68. The van der Waals surface area contributed by atoms with Gasteiger partial charge in [-0.25, -0.2) is 4.98 Å². The maximum Gasteiger partial charge on any atom is 0.266 e. The first-order valence-corrected chi connectivity index (χ1v) is 9.90. The molecule has 29 heavy (non-hydrogen) atoms. The van der Waals surface area contributed by atoms with Crippen molar-refractivity contribution in [3.05, 3.63) is 89.5 Å². The maximum absolute atomic E-state index is 12.4. The van der Waals surface area contributed by atoms with E-state index in [0.717, 1.165) is 26.4 Å². The van der Waals surface area contributed by atoms with Crippen molar-refractivity contribution in [3.63, 3.8) is 0 Å². The lowest BCUT2D eigenvalue weighted by Crippen LogP contribution is -2.13. The Bertz CT molecular complexity index is 1250. The van der Waals surface area contributed by atoms with E-state index in [1.54, 1.807) is 17.4 Å². The number of aromatic nitrogens is 1. The monoisotopic (exact) mass is 395 g/mol. The topological polar surface area (TPSA) is 65.8 Å². The Kier molecular flexibility index (Phi) is 5.19. The molecule has 0 bridgehead atoms. The highest BCUT2D eigenvalue weighted by Gasteiger charge is 2.11. The van der Waals surface area contributed by atoms with E-state index in [2.05, 4.69) is 29.4 Å². The fraction of sp³-hybridized carbons (Fsp3) is 0.0417. The third kappa shape index (κ3) is 4.23. The van der Waals surface area contributed by atoms with Gasteiger partial charge in [0.25, 0.3) is 5.91 Å². The molecule has 1 aromatic heterocycles. The third-order valence-corrected chi connectivity index (χ3v) is 5.48. The van der Waals surface area contributed by atoms with Gasteiger partial charge in [-0.3, -0.25) is 4.79 Å². The zero-order chi connectivity index (χ0) is 20.2. The molecule has 3 aromatic carbocycles. The molecule has 0 aliphatic heterocycles. The molecule has 0 spiro atoms. The number of carbonyl (C=O) groups excluding carboxylic acids is 1. The second-order valence-corrected chi connectivity index (χ2v) is 7.63. The molecule has 0 radical (unpaired) electrons. The van der Waals surface area contributed by atoms with Crippen LogP contribution in [-0.2, 0) is 4.79 Å². The van der Waals surface area contributed by atoms with Crippen LogP contribution >= 0.6 is 11.3 Å². The molecule has 4 rings (SSSR count). The Morgan fingerprint density at radius 2 is 1.83 bits per heavy atom. The fourth-order valence-electron chi connectivity index (χ4n) is 2.91. The number of nitrogens with one attached hydrogen (secondary N) is 1. The number of amides is 1. The molecular weight excluding hydrogens is 378 g/mol. The molecule has 1 amide bonds. The summed E-state index contributed by atoms with van der Waals surface area (Å²) in [5, 5.41) is 13.0. The van der Waals surface area contributed by atoms with E-state index in [9.17, 15) is 10.1 Å². The first-order chi connectivity index (χ1) is 14.1. The van der Waals surface area contributed by atoms with Crippen molar-refractivity contribution in [2.75, 3.05) is 5.32 Å². The average Bonchev–Trinajstić information content (AvgIpc) is 3.16. The minimum Gasteiger partial charge on any atom is -0.321 e. The summed E-state index contributed by atoms with van der Waals surface area (Å²) in [6.45, 7) is 2.07. The average molecular weight is 395 g/mol. The molecule has 0 saturated heterocycles. The number of rotatable bonds is 4. The lowest BCUT2D eigenvalue weighted by atomic mass is 10.1. The van der Waals surface area contributed by atoms with Crippen molar-refractivity contribution in [1.29, 1.82) is 5.26 Å². The van der Waals surface area contributed by atoms with E-state index in [1.165, 1.54) is 5.56 Å². The summed E-state index contributed by atoms with van der Waals surface area (Å²) in [7, 11) is 0. The van der Waals surface area contributed by atoms with Crippen LogP contribution < -0.4 is 5.32 Å². The Labute approximate surface area is 172 Å². The van der Waals surface area contributed by atoms with E-state index in [1.807, 2.05) is 66.7 Å². The summed E-state index contributed by atoms with van der Waals surface area (Å²) < 4.78 is 1.15. The van der Waals surface area contributed by atoms with Gasteiger partial charge in [-0.1, -0.05) is 36.4 Å². The predicted octanol–water partition coefficient (Wildman–Crippen LogP) is 5.82. The standard InChI is InChI=1S/C24H17N3OS/c1-16-7-12-21-22(13-16)29-24(27-21)18-8-10-20(11-9-18)26-23(28)19(15-25)14-17-5-3-2-4-6-17/h2-14H,1H3,(H,26,28). The normalized spacial score (nSPS) is 11.2. The smallest absolute Gasteiger partial charge is 0.266 e. The summed E-state index contributed by atoms with van der Waals surface area (Å²) in [6.07, 6.45) is 1.58. The molecule has 4 nitrogen and oxygen atoms in total. The summed E-state index contributed by atoms with van der Waals surface area (Å²) in [4.78, 5) is 17.1. The SMILES string of the molecule is Cc1ccc2nc(-c3ccc(NC(=O)C(C#N)=Cc4ccccc4)cc3)sc2c1. The lowest BCUT2D eigenvalue weighted by molar-refractivity contribution is -0.112. The Morgan fingerprint density at radius 3 is 2.55 bits per heavy atom. The van der Waals surface area contributed by atoms with Crippen LogP contribution in [0.4, 0.5) is 5.69 Å². The van der Waals surface area contributed by atoms with Gasteiger partial charge >= 0.3 is 0 Å². The van der Waals surface area contributed by atoms with Crippen LogP contribution in [0.15, 0.2) is 78.4 Å². The van der Waals surface area contributed by atoms with Gasteiger partial charge in [0.2, 0.25) is 0 Å². The summed E-state index contributed by atoms with van der Waals surface area (Å²) in [6, 6.07) is 25.0. The Hall–Kier alpha value is -3.75. The predicted molar refractivity (Wildman–Crippen MR) is 118 cm³/mol. The number of hydrogen-bond acceptors (Lipinski definition) is 4. The van der Waals surface area contributed by atoms with E-state index < -0.39 is 5.91 Å². The van der Waals surface area contributed by atoms with Gasteiger partial charge in [0.05, 0.1) is 10.2 Å². The largest absolute Gasteiger partial charge is 0.321 e. The molecule has 4 aromatic rings. The van der Waals surface area contributed by atoms with E-state index >= 15 is 0 Å². The van der Waals surface area contributed by atoms with Crippen molar-refractivity contribution in [1.82, 2.24) is 4.98 Å². The maximum atomic E-state index is 12.4. The molecule has 140 valence electrons. The number of aryl methyl sites for hydroxylation is 1. The van der Waals surface area contributed by atoms with E-state index in [-0.39, 0.29) is 5.57 Å². The van der Waals surface area contributed by atoms with Crippen molar-refractivity contribution in [2.45, 2.75) is 6.92 Å². The van der Waals surface area contributed by atoms with Crippen LogP contribution in [0, 0.1) is 18.3 Å². The highest BCUT2D eigenvalue weighted by Crippen LogP contribution is 2.31. The van der Waals surface area contributed by atoms with Gasteiger partial charge < -0.3 is 5.32 Å². The second kappa shape index (κ2) is 8.09. The first kappa shape index (κ1) is 18.6. The van der Waals surface area contributed by atoms with Crippen molar-refractivity contribution >= 4 is 39.2 Å². The van der Waals surface area contributed by atoms with Gasteiger partial charge in [-0.2, -0.15) is 5.26 Å². The molecule has 0 fully saturated rings. The number of thiazole rings is 1. The van der Waals surface area contributed by atoms with Crippen molar-refractivity contribution in [2.24, 2.45) is 0 Å². The molecule has 0 atom stereocenters. The number of hydrogen-bond donors (Lipinski definition) is 1. The highest BCUT2D eigenvalue weighted by molar-refractivity contribution is 7.21. The first-order valence-electron chi connectivity index (χ1n) is 9.08. The summed E-state index contributed by atoms with van der Waals surface area (Å²) >= 11 is 1.64. The minimum atomic E-state index is -0.431. The molecule has 5 heteroatoms. The van der Waals surface area contributed by atoms with Crippen LogP contribution in [0.3, 0.4) is 0 Å². The van der Waals surface area contributed by atoms with Gasteiger partial charge in [0.1, 0.15) is 16.6 Å². The molecular formula is C24H17N3OS. The lowest BCUT2D eigenvalue weighted by Gasteiger charge is -2.05. The Morgan fingerprint density at radius 1 is 1.07 bits per heavy atom. The van der Waals surface area contributed by atoms with E-state index in [0.29, 0.717) is 5.69 Å². The molecule has 0 unspecified atom stereocenters. The van der Waals surface area contributed by atoms with Crippen LogP contribution in [0.5, 0.6) is 0 Å². The third-order valence-electron chi connectivity index (χ3n) is 4.41. The molecule has 0 aliphatic rings. The number of fused-ring (bicyclic) bond motifs is 1. The van der Waals surface area contributed by atoms with Crippen LogP contribution in [0.2, 0.25) is 0 Å². The quantitative estimate of drug-likeness (QED) is 0.350. The highest BCUT2D eigenvalue weighted by atomic mass is 32.1. The minimum absolute atomic E-state index is 0.0572. The molecule has 1 heterocycles. The van der Waals surface area contributed by atoms with Gasteiger partial charge in [-0.15, -0.1) is 11.3 Å². The Balaban J connectivity index is 1.52. The number of anilines is 1. The van der Waals surface area contributed by atoms with Gasteiger partial charge in [0, 0.05) is 11.3 Å². The number of benzene rings is 3. The number of nitriles is 1. The van der Waals surface area contributed by atoms with Crippen LogP contribution in [0.25, 0.3) is 26.9 Å². The summed E-state index contributed by atoms with van der Waals surface area (Å²) in [5.74, 6) is -0.431. The van der Waals surface area contributed by atoms with Crippen LogP contribution in [0.1, 0.15) is 11.1 Å². The van der Waals surface area contributed by atoms with Gasteiger partial charge in [0.15, 0.2) is 0 Å². The van der Waals surface area contributed by atoms with Gasteiger partial charge in [-0.05, 0) is 60.5 Å². The van der Waals surface area contributed by atoms with Crippen LogP contribution in [-0.4, -0.2) is 10.9 Å². The zero-order valence-electron chi connectivity index (χ0n) is 15.7. The zero-order valence-corrected chi connectivity index (χ0v) is 16.5. The van der Waals surface area contributed by atoms with Crippen molar-refractivity contribution in [3.8, 4) is 16.6 Å². The number of nitrogens with zero attached hydrogens (tertiary/aromatic N) is 2. The molecule has 0 aliphatic carbocycles. The molecule has 1 N–H and O–H groups in total. The number of carbonyl (C=O) groups is 1. The molecule has 0 saturated carbocycles. The second-order valence-electron chi connectivity index (χ2n) is 6.60.